The van der Waals surface area contributed by atoms with Crippen molar-refractivity contribution in [2.24, 2.45) is 0 Å². The minimum Gasteiger partial charge on any atom is -0.309 e. The molecule has 0 amide bonds. The SMILES string of the molecule is Cc1ccccc1P(=O)(c1ccccc1C)c1ccc(-c2ccccc2)cc1Br. The largest absolute Gasteiger partial charge is 0.309 e. The van der Waals surface area contributed by atoms with Gasteiger partial charge in [0.05, 0.1) is 0 Å². The fourth-order valence-corrected chi connectivity index (χ4v) is 8.09. The lowest BCUT2D eigenvalue weighted by Gasteiger charge is -2.24. The van der Waals surface area contributed by atoms with Crippen molar-refractivity contribution in [3.05, 3.63) is 113 Å². The van der Waals surface area contributed by atoms with Crippen LogP contribution >= 0.6 is 23.1 Å². The van der Waals surface area contributed by atoms with Gasteiger partial charge in [-0.3, -0.25) is 0 Å². The third-order valence-electron chi connectivity index (χ3n) is 5.30. The van der Waals surface area contributed by atoms with E-state index in [0.29, 0.717) is 0 Å². The monoisotopic (exact) mass is 460 g/mol. The Hall–Kier alpha value is -2.41. The molecule has 0 aromatic heterocycles. The normalized spacial score (nSPS) is 11.4. The van der Waals surface area contributed by atoms with Gasteiger partial charge in [0.2, 0.25) is 0 Å². The maximum absolute atomic E-state index is 14.9. The van der Waals surface area contributed by atoms with Crippen LogP contribution in [0.15, 0.2) is 102 Å². The van der Waals surface area contributed by atoms with Crippen LogP contribution in [-0.4, -0.2) is 0 Å². The molecule has 0 aliphatic heterocycles. The molecular weight excluding hydrogens is 439 g/mol. The summed E-state index contributed by atoms with van der Waals surface area (Å²) in [7, 11) is -3.05. The van der Waals surface area contributed by atoms with Gasteiger partial charge in [-0.2, -0.15) is 0 Å². The molecule has 0 aliphatic rings. The Labute approximate surface area is 180 Å². The molecule has 0 saturated heterocycles. The van der Waals surface area contributed by atoms with Gasteiger partial charge >= 0.3 is 0 Å². The first-order valence-electron chi connectivity index (χ1n) is 9.60. The molecule has 0 unspecified atom stereocenters. The molecule has 4 aromatic rings. The van der Waals surface area contributed by atoms with Crippen molar-refractivity contribution >= 4 is 39.0 Å². The van der Waals surface area contributed by atoms with E-state index in [4.69, 9.17) is 0 Å². The molecule has 3 heteroatoms. The predicted molar refractivity (Wildman–Crippen MR) is 128 cm³/mol. The second kappa shape index (κ2) is 8.14. The Balaban J connectivity index is 1.97. The minimum absolute atomic E-state index is 0.834. The summed E-state index contributed by atoms with van der Waals surface area (Å²) in [5.41, 5.74) is 4.32. The lowest BCUT2D eigenvalue weighted by atomic mass is 10.1. The Kier molecular flexibility index (Phi) is 5.58. The molecule has 1 nitrogen and oxygen atoms in total. The van der Waals surface area contributed by atoms with E-state index in [1.54, 1.807) is 0 Å². The zero-order valence-electron chi connectivity index (χ0n) is 16.5. The highest BCUT2D eigenvalue weighted by atomic mass is 79.9. The molecule has 0 fully saturated rings. The fourth-order valence-electron chi connectivity index (χ4n) is 3.80. The lowest BCUT2D eigenvalue weighted by molar-refractivity contribution is 0.592. The Morgan fingerprint density at radius 1 is 0.586 bits per heavy atom. The van der Waals surface area contributed by atoms with E-state index in [9.17, 15) is 4.57 Å². The van der Waals surface area contributed by atoms with Crippen LogP contribution in [0.1, 0.15) is 11.1 Å². The van der Waals surface area contributed by atoms with E-state index in [1.165, 1.54) is 0 Å². The topological polar surface area (TPSA) is 17.1 Å². The number of halogens is 1. The number of hydrogen-bond donors (Lipinski definition) is 0. The molecule has 0 N–H and O–H groups in total. The second-order valence-corrected chi connectivity index (χ2v) is 10.7. The predicted octanol–water partition coefficient (Wildman–Crippen LogP) is 6.37. The summed E-state index contributed by atoms with van der Waals surface area (Å²) in [6.07, 6.45) is 0. The van der Waals surface area contributed by atoms with Crippen LogP contribution in [0, 0.1) is 13.8 Å². The summed E-state index contributed by atoms with van der Waals surface area (Å²) in [5.74, 6) is 0. The molecule has 0 bridgehead atoms. The van der Waals surface area contributed by atoms with Gasteiger partial charge in [0.25, 0.3) is 0 Å². The highest BCUT2D eigenvalue weighted by Gasteiger charge is 2.34. The molecule has 0 radical (unpaired) electrons. The molecular formula is C26H22BrOP. The van der Waals surface area contributed by atoms with Gasteiger partial charge in [0.15, 0.2) is 7.14 Å². The first-order chi connectivity index (χ1) is 14.0. The quantitative estimate of drug-likeness (QED) is 0.323. The Bertz CT molecular complexity index is 1160. The highest BCUT2D eigenvalue weighted by molar-refractivity contribution is 9.10. The standard InChI is InChI=1S/C26H22BrOP/c1-19-10-6-8-14-24(19)29(28,25-15-9-7-11-20(25)2)26-17-16-22(18-23(26)27)21-12-4-3-5-13-21/h3-18H,1-2H3. The van der Waals surface area contributed by atoms with Gasteiger partial charge in [-0.05, 0) is 64.2 Å². The summed E-state index contributed by atoms with van der Waals surface area (Å²) in [6, 6.07) is 32.4. The summed E-state index contributed by atoms with van der Waals surface area (Å²) >= 11 is 3.75. The van der Waals surface area contributed by atoms with Crippen LogP contribution < -0.4 is 15.9 Å². The van der Waals surface area contributed by atoms with Crippen molar-refractivity contribution in [2.75, 3.05) is 0 Å². The molecule has 0 spiro atoms. The van der Waals surface area contributed by atoms with Crippen molar-refractivity contribution in [1.29, 1.82) is 0 Å². The van der Waals surface area contributed by atoms with E-state index >= 15 is 0 Å². The molecule has 4 rings (SSSR count). The average Bonchev–Trinajstić information content (AvgIpc) is 2.74. The van der Waals surface area contributed by atoms with Crippen molar-refractivity contribution in [1.82, 2.24) is 0 Å². The number of benzene rings is 4. The maximum Gasteiger partial charge on any atom is 0.172 e. The second-order valence-electron chi connectivity index (χ2n) is 7.21. The average molecular weight is 461 g/mol. The highest BCUT2D eigenvalue weighted by Crippen LogP contribution is 2.46. The molecule has 0 heterocycles. The molecule has 144 valence electrons. The van der Waals surface area contributed by atoms with Crippen LogP contribution in [0.4, 0.5) is 0 Å². The lowest BCUT2D eigenvalue weighted by Crippen LogP contribution is -2.28. The Morgan fingerprint density at radius 3 is 1.62 bits per heavy atom. The summed E-state index contributed by atoms with van der Waals surface area (Å²) < 4.78 is 15.8. The fraction of sp³-hybridized carbons (Fsp3) is 0.0769. The van der Waals surface area contributed by atoms with E-state index in [-0.39, 0.29) is 0 Å². The smallest absolute Gasteiger partial charge is 0.172 e. The third-order valence-corrected chi connectivity index (χ3v) is 9.70. The van der Waals surface area contributed by atoms with E-state index < -0.39 is 7.14 Å². The molecule has 0 saturated carbocycles. The molecule has 4 aromatic carbocycles. The van der Waals surface area contributed by atoms with Crippen LogP contribution in [0.3, 0.4) is 0 Å². The van der Waals surface area contributed by atoms with Gasteiger partial charge in [-0.25, -0.2) is 0 Å². The summed E-state index contributed by atoms with van der Waals surface area (Å²) in [5, 5.41) is 2.62. The number of aryl methyl sites for hydroxylation is 2. The van der Waals surface area contributed by atoms with E-state index in [0.717, 1.165) is 42.6 Å². The van der Waals surface area contributed by atoms with Crippen LogP contribution in [0.5, 0.6) is 0 Å². The van der Waals surface area contributed by atoms with Crippen LogP contribution in [0.25, 0.3) is 11.1 Å². The van der Waals surface area contributed by atoms with Gasteiger partial charge in [0, 0.05) is 20.4 Å². The van der Waals surface area contributed by atoms with Crippen molar-refractivity contribution in [2.45, 2.75) is 13.8 Å². The van der Waals surface area contributed by atoms with Crippen LogP contribution in [0.2, 0.25) is 0 Å². The van der Waals surface area contributed by atoms with Crippen molar-refractivity contribution < 1.29 is 4.57 Å². The van der Waals surface area contributed by atoms with Crippen molar-refractivity contribution in [3.8, 4) is 11.1 Å². The molecule has 0 aliphatic carbocycles. The van der Waals surface area contributed by atoms with Gasteiger partial charge in [-0.1, -0.05) is 84.9 Å². The first kappa shape index (κ1) is 19.9. The van der Waals surface area contributed by atoms with Gasteiger partial charge in [0.1, 0.15) is 0 Å². The minimum atomic E-state index is -3.05. The third kappa shape index (κ3) is 3.64. The van der Waals surface area contributed by atoms with E-state index in [2.05, 4.69) is 40.2 Å². The van der Waals surface area contributed by atoms with E-state index in [1.807, 2.05) is 86.6 Å². The van der Waals surface area contributed by atoms with Gasteiger partial charge < -0.3 is 4.57 Å². The zero-order chi connectivity index (χ0) is 20.4. The number of hydrogen-bond acceptors (Lipinski definition) is 1. The zero-order valence-corrected chi connectivity index (χ0v) is 19.0. The first-order valence-corrected chi connectivity index (χ1v) is 12.1. The maximum atomic E-state index is 14.9. The Morgan fingerprint density at radius 2 is 1.10 bits per heavy atom. The van der Waals surface area contributed by atoms with Crippen LogP contribution in [-0.2, 0) is 4.57 Å². The summed E-state index contributed by atoms with van der Waals surface area (Å²) in [4.78, 5) is 0. The van der Waals surface area contributed by atoms with Crippen molar-refractivity contribution in [3.63, 3.8) is 0 Å². The summed E-state index contributed by atoms with van der Waals surface area (Å²) in [6.45, 7) is 4.07. The molecule has 29 heavy (non-hydrogen) atoms. The number of rotatable bonds is 4. The molecule has 0 atom stereocenters. The van der Waals surface area contributed by atoms with Gasteiger partial charge in [-0.15, -0.1) is 0 Å².